The van der Waals surface area contributed by atoms with Gasteiger partial charge in [-0.2, -0.15) is 0 Å². The van der Waals surface area contributed by atoms with Crippen molar-refractivity contribution < 1.29 is 4.79 Å². The van der Waals surface area contributed by atoms with Gasteiger partial charge in [-0.05, 0) is 48.6 Å². The second-order valence-electron chi connectivity index (χ2n) is 7.22. The number of carbonyl (C=O) groups is 1. The van der Waals surface area contributed by atoms with Crippen LogP contribution in [0, 0.1) is 6.92 Å². The van der Waals surface area contributed by atoms with Gasteiger partial charge in [-0.15, -0.1) is 0 Å². The van der Waals surface area contributed by atoms with Crippen LogP contribution in [0.25, 0.3) is 10.9 Å². The van der Waals surface area contributed by atoms with Gasteiger partial charge in [0.1, 0.15) is 5.69 Å². The highest BCUT2D eigenvalue weighted by Crippen LogP contribution is 2.22. The molecule has 6 nitrogen and oxygen atoms in total. The van der Waals surface area contributed by atoms with E-state index in [1.165, 1.54) is 10.9 Å². The van der Waals surface area contributed by atoms with Crippen LogP contribution in [0.2, 0.25) is 0 Å². The Labute approximate surface area is 175 Å². The fourth-order valence-electron chi connectivity index (χ4n) is 3.60. The molecule has 2 aromatic carbocycles. The molecule has 0 bridgehead atoms. The topological polar surface area (TPSA) is 82.7 Å². The van der Waals surface area contributed by atoms with Gasteiger partial charge in [0.15, 0.2) is 0 Å². The molecule has 0 aliphatic rings. The summed E-state index contributed by atoms with van der Waals surface area (Å²) in [4.78, 5) is 24.7. The molecule has 152 valence electrons. The Bertz CT molecular complexity index is 1180. The number of nitrogens with zero attached hydrogens (tertiary/aromatic N) is 2. The van der Waals surface area contributed by atoms with Crippen LogP contribution in [0.4, 0.5) is 11.6 Å². The van der Waals surface area contributed by atoms with Crippen molar-refractivity contribution in [3.63, 3.8) is 0 Å². The Morgan fingerprint density at radius 3 is 2.80 bits per heavy atom. The minimum atomic E-state index is -0.235. The number of hydrogen-bond acceptors (Lipinski definition) is 4. The monoisotopic (exact) mass is 399 g/mol. The largest absolute Gasteiger partial charge is 0.361 e. The van der Waals surface area contributed by atoms with Crippen molar-refractivity contribution in [2.45, 2.75) is 26.7 Å². The standard InChI is InChI=1S/C24H25N5O/c1-3-17-8-6-7-16(2)22(17)29-23(30)21-12-14-26-24(28-21)25-13-11-18-15-27-20-10-5-4-9-19(18)20/h4-10,12,14-15,27H,3,11,13H2,1-2H3,(H,29,30)(H,25,26,28). The molecule has 6 heteroatoms. The number of hydrogen-bond donors (Lipinski definition) is 3. The second-order valence-corrected chi connectivity index (χ2v) is 7.22. The van der Waals surface area contributed by atoms with Crippen LogP contribution < -0.4 is 10.6 Å². The maximum absolute atomic E-state index is 12.8. The van der Waals surface area contributed by atoms with Gasteiger partial charge in [-0.1, -0.05) is 43.3 Å². The van der Waals surface area contributed by atoms with E-state index in [4.69, 9.17) is 0 Å². The van der Waals surface area contributed by atoms with Crippen molar-refractivity contribution in [1.82, 2.24) is 15.0 Å². The number of nitrogens with one attached hydrogen (secondary N) is 3. The van der Waals surface area contributed by atoms with Crippen LogP contribution >= 0.6 is 0 Å². The zero-order valence-corrected chi connectivity index (χ0v) is 17.2. The summed E-state index contributed by atoms with van der Waals surface area (Å²) in [6, 6.07) is 15.9. The normalized spacial score (nSPS) is 10.9. The van der Waals surface area contributed by atoms with Gasteiger partial charge in [0.25, 0.3) is 5.91 Å². The Morgan fingerprint density at radius 1 is 1.07 bits per heavy atom. The van der Waals surface area contributed by atoms with Crippen LogP contribution in [0.1, 0.15) is 34.1 Å². The SMILES string of the molecule is CCc1cccc(C)c1NC(=O)c1ccnc(NCCc2c[nH]c3ccccc23)n1. The molecule has 0 saturated heterocycles. The molecule has 0 unspecified atom stereocenters. The number of fused-ring (bicyclic) bond motifs is 1. The first kappa shape index (κ1) is 19.6. The lowest BCUT2D eigenvalue weighted by atomic mass is 10.1. The van der Waals surface area contributed by atoms with Crippen molar-refractivity contribution in [2.24, 2.45) is 0 Å². The first-order valence-electron chi connectivity index (χ1n) is 10.2. The number of anilines is 2. The summed E-state index contributed by atoms with van der Waals surface area (Å²) in [6.45, 7) is 4.74. The first-order valence-corrected chi connectivity index (χ1v) is 10.2. The number of H-pyrrole nitrogens is 1. The zero-order valence-electron chi connectivity index (χ0n) is 17.2. The predicted octanol–water partition coefficient (Wildman–Crippen LogP) is 4.74. The third kappa shape index (κ3) is 4.17. The average molecular weight is 399 g/mol. The fourth-order valence-corrected chi connectivity index (χ4v) is 3.60. The maximum Gasteiger partial charge on any atom is 0.274 e. The molecule has 0 saturated carbocycles. The Balaban J connectivity index is 1.42. The van der Waals surface area contributed by atoms with E-state index in [1.807, 2.05) is 43.5 Å². The van der Waals surface area contributed by atoms with E-state index in [2.05, 4.69) is 44.6 Å². The van der Waals surface area contributed by atoms with Crippen molar-refractivity contribution in [3.8, 4) is 0 Å². The minimum Gasteiger partial charge on any atom is -0.361 e. The summed E-state index contributed by atoms with van der Waals surface area (Å²) in [5.74, 6) is 0.212. The van der Waals surface area contributed by atoms with Gasteiger partial charge in [-0.25, -0.2) is 9.97 Å². The number of aromatic amines is 1. The summed E-state index contributed by atoms with van der Waals surface area (Å²) in [7, 11) is 0. The molecule has 4 rings (SSSR count). The van der Waals surface area contributed by atoms with E-state index >= 15 is 0 Å². The van der Waals surface area contributed by atoms with Gasteiger partial charge < -0.3 is 15.6 Å². The lowest BCUT2D eigenvalue weighted by molar-refractivity contribution is 0.102. The van der Waals surface area contributed by atoms with Gasteiger partial charge in [0.2, 0.25) is 5.95 Å². The molecular weight excluding hydrogens is 374 g/mol. The number of aryl methyl sites for hydroxylation is 2. The molecule has 1 amide bonds. The number of carbonyl (C=O) groups excluding carboxylic acids is 1. The highest BCUT2D eigenvalue weighted by atomic mass is 16.1. The number of para-hydroxylation sites is 2. The number of aromatic nitrogens is 3. The van der Waals surface area contributed by atoms with Crippen LogP contribution in [-0.2, 0) is 12.8 Å². The summed E-state index contributed by atoms with van der Waals surface area (Å²) in [5.41, 5.74) is 5.70. The van der Waals surface area contributed by atoms with Crippen molar-refractivity contribution >= 4 is 28.4 Å². The molecule has 0 fully saturated rings. The van der Waals surface area contributed by atoms with Crippen molar-refractivity contribution in [3.05, 3.63) is 83.3 Å². The third-order valence-corrected chi connectivity index (χ3v) is 5.22. The summed E-state index contributed by atoms with van der Waals surface area (Å²) < 4.78 is 0. The van der Waals surface area contributed by atoms with E-state index in [9.17, 15) is 4.79 Å². The number of rotatable bonds is 7. The lowest BCUT2D eigenvalue weighted by Gasteiger charge is -2.13. The van der Waals surface area contributed by atoms with E-state index < -0.39 is 0 Å². The number of amides is 1. The molecule has 2 aromatic heterocycles. The molecule has 2 heterocycles. The molecule has 0 radical (unpaired) electrons. The van der Waals surface area contributed by atoms with Gasteiger partial charge in [0.05, 0.1) is 0 Å². The summed E-state index contributed by atoms with van der Waals surface area (Å²) in [6.07, 6.45) is 5.31. The molecule has 3 N–H and O–H groups in total. The van der Waals surface area contributed by atoms with Crippen molar-refractivity contribution in [2.75, 3.05) is 17.2 Å². The van der Waals surface area contributed by atoms with Crippen LogP contribution in [0.5, 0.6) is 0 Å². The molecular formula is C24H25N5O. The highest BCUT2D eigenvalue weighted by molar-refractivity contribution is 6.03. The quantitative estimate of drug-likeness (QED) is 0.419. The highest BCUT2D eigenvalue weighted by Gasteiger charge is 2.13. The van der Waals surface area contributed by atoms with E-state index in [0.29, 0.717) is 18.2 Å². The molecule has 0 spiro atoms. The Morgan fingerprint density at radius 2 is 1.93 bits per heavy atom. The van der Waals surface area contributed by atoms with Gasteiger partial charge in [0, 0.05) is 35.5 Å². The van der Waals surface area contributed by atoms with Crippen molar-refractivity contribution in [1.29, 1.82) is 0 Å². The maximum atomic E-state index is 12.8. The van der Waals surface area contributed by atoms with Gasteiger partial charge in [-0.3, -0.25) is 4.79 Å². The zero-order chi connectivity index (χ0) is 20.9. The summed E-state index contributed by atoms with van der Waals surface area (Å²) in [5, 5.41) is 7.46. The smallest absolute Gasteiger partial charge is 0.274 e. The molecule has 0 aliphatic carbocycles. The first-order chi connectivity index (χ1) is 14.7. The lowest BCUT2D eigenvalue weighted by Crippen LogP contribution is -2.17. The van der Waals surface area contributed by atoms with Crippen LogP contribution in [0.15, 0.2) is 60.9 Å². The molecule has 0 atom stereocenters. The predicted molar refractivity (Wildman–Crippen MR) is 121 cm³/mol. The van der Waals surface area contributed by atoms with Crippen LogP contribution in [-0.4, -0.2) is 27.4 Å². The average Bonchev–Trinajstić information content (AvgIpc) is 3.18. The van der Waals surface area contributed by atoms with Crippen LogP contribution in [0.3, 0.4) is 0 Å². The molecule has 4 aromatic rings. The Kier molecular flexibility index (Phi) is 5.75. The van der Waals surface area contributed by atoms with E-state index in [1.54, 1.807) is 12.3 Å². The number of benzene rings is 2. The molecule has 30 heavy (non-hydrogen) atoms. The second kappa shape index (κ2) is 8.78. The minimum absolute atomic E-state index is 0.235. The van der Waals surface area contributed by atoms with E-state index in [0.717, 1.165) is 35.2 Å². The molecule has 0 aliphatic heterocycles. The third-order valence-electron chi connectivity index (χ3n) is 5.22. The van der Waals surface area contributed by atoms with E-state index in [-0.39, 0.29) is 5.91 Å². The van der Waals surface area contributed by atoms with Gasteiger partial charge >= 0.3 is 0 Å². The fraction of sp³-hybridized carbons (Fsp3) is 0.208. The Hall–Kier alpha value is -3.67. The summed E-state index contributed by atoms with van der Waals surface area (Å²) >= 11 is 0.